The molecule has 27 heavy (non-hydrogen) atoms. The molecule has 0 bridgehead atoms. The van der Waals surface area contributed by atoms with Crippen LogP contribution in [0.4, 0.5) is 16.0 Å². The van der Waals surface area contributed by atoms with Crippen LogP contribution in [0.1, 0.15) is 24.1 Å². The van der Waals surface area contributed by atoms with Gasteiger partial charge in [0, 0.05) is 23.0 Å². The average Bonchev–Trinajstić information content (AvgIpc) is 3.15. The van der Waals surface area contributed by atoms with E-state index in [2.05, 4.69) is 5.32 Å². The van der Waals surface area contributed by atoms with Gasteiger partial charge in [0.2, 0.25) is 5.95 Å². The zero-order chi connectivity index (χ0) is 18.2. The second-order valence-electron chi connectivity index (χ2n) is 6.86. The van der Waals surface area contributed by atoms with E-state index in [0.717, 1.165) is 42.7 Å². The van der Waals surface area contributed by atoms with Crippen LogP contribution in [0, 0.1) is 5.82 Å². The second-order valence-corrected chi connectivity index (χ2v) is 6.86. The van der Waals surface area contributed by atoms with Crippen molar-refractivity contribution in [2.45, 2.75) is 25.7 Å². The van der Waals surface area contributed by atoms with E-state index in [0.29, 0.717) is 17.2 Å². The van der Waals surface area contributed by atoms with E-state index in [9.17, 15) is 4.39 Å². The summed E-state index contributed by atoms with van der Waals surface area (Å²) in [5.41, 5.74) is 5.25. The lowest BCUT2D eigenvalue weighted by atomic mass is 9.97. The van der Waals surface area contributed by atoms with E-state index in [4.69, 9.17) is 9.97 Å². The van der Waals surface area contributed by atoms with Gasteiger partial charge in [0.05, 0.1) is 11.4 Å². The maximum Gasteiger partial charge on any atom is 0.213 e. The minimum Gasteiger partial charge on any atom is -0.325 e. The number of fused-ring (bicyclic) bond motifs is 3. The molecule has 2 heterocycles. The third-order valence-corrected chi connectivity index (χ3v) is 5.06. The lowest BCUT2D eigenvalue weighted by Crippen LogP contribution is -2.12. The zero-order valence-corrected chi connectivity index (χ0v) is 14.8. The van der Waals surface area contributed by atoms with Gasteiger partial charge in [0.1, 0.15) is 11.5 Å². The summed E-state index contributed by atoms with van der Waals surface area (Å²) in [7, 11) is 0. The molecule has 1 aliphatic rings. The molecule has 0 saturated heterocycles. The summed E-state index contributed by atoms with van der Waals surface area (Å²) >= 11 is 0. The number of halogens is 1. The minimum absolute atomic E-state index is 0.264. The number of imidazole rings is 1. The number of rotatable bonds is 3. The molecule has 5 heteroatoms. The number of aryl methyl sites for hydroxylation is 2. The van der Waals surface area contributed by atoms with Gasteiger partial charge in [-0.05, 0) is 49.9 Å². The molecule has 2 aromatic carbocycles. The lowest BCUT2D eigenvalue weighted by molar-refractivity contribution is 0.631. The maximum atomic E-state index is 14.3. The summed E-state index contributed by atoms with van der Waals surface area (Å²) in [4.78, 5) is 9.69. The predicted octanol–water partition coefficient (Wildman–Crippen LogP) is 5.16. The molecular formula is C22H19FN4. The van der Waals surface area contributed by atoms with Crippen molar-refractivity contribution >= 4 is 17.3 Å². The van der Waals surface area contributed by atoms with Gasteiger partial charge in [-0.3, -0.25) is 4.40 Å². The Kier molecular flexibility index (Phi) is 3.85. The highest BCUT2D eigenvalue weighted by Crippen LogP contribution is 2.30. The topological polar surface area (TPSA) is 42.2 Å². The third-order valence-electron chi connectivity index (χ3n) is 5.06. The molecule has 2 aromatic heterocycles. The summed E-state index contributed by atoms with van der Waals surface area (Å²) in [5, 5.41) is 3.39. The Morgan fingerprint density at radius 3 is 2.52 bits per heavy atom. The first-order chi connectivity index (χ1) is 13.3. The van der Waals surface area contributed by atoms with Gasteiger partial charge in [0.15, 0.2) is 0 Å². The molecule has 0 amide bonds. The molecule has 5 rings (SSSR count). The molecule has 1 aliphatic carbocycles. The maximum absolute atomic E-state index is 14.3. The van der Waals surface area contributed by atoms with Crippen LogP contribution < -0.4 is 5.32 Å². The SMILES string of the molecule is Fc1ccccc1-c1cn2c(Nc3ccccc3)nc3c(c2n1)CCCC3. The van der Waals surface area contributed by atoms with Crippen LogP contribution in [0.5, 0.6) is 0 Å². The largest absolute Gasteiger partial charge is 0.325 e. The van der Waals surface area contributed by atoms with Crippen molar-refractivity contribution in [3.8, 4) is 11.3 Å². The summed E-state index contributed by atoms with van der Waals surface area (Å²) < 4.78 is 16.3. The monoisotopic (exact) mass is 358 g/mol. The molecule has 0 unspecified atom stereocenters. The Bertz CT molecular complexity index is 1120. The van der Waals surface area contributed by atoms with Crippen LogP contribution in [0.15, 0.2) is 60.8 Å². The fourth-order valence-electron chi connectivity index (χ4n) is 3.73. The smallest absolute Gasteiger partial charge is 0.213 e. The Morgan fingerprint density at radius 2 is 1.67 bits per heavy atom. The van der Waals surface area contributed by atoms with E-state index in [1.54, 1.807) is 12.1 Å². The van der Waals surface area contributed by atoms with Crippen molar-refractivity contribution < 1.29 is 4.39 Å². The first kappa shape index (κ1) is 16.0. The minimum atomic E-state index is -0.264. The van der Waals surface area contributed by atoms with E-state index >= 15 is 0 Å². The Hall–Kier alpha value is -3.21. The van der Waals surface area contributed by atoms with Crippen molar-refractivity contribution in [2.24, 2.45) is 0 Å². The fourth-order valence-corrected chi connectivity index (χ4v) is 3.73. The highest BCUT2D eigenvalue weighted by molar-refractivity contribution is 5.68. The average molecular weight is 358 g/mol. The Morgan fingerprint density at radius 1 is 0.889 bits per heavy atom. The van der Waals surface area contributed by atoms with E-state index in [-0.39, 0.29) is 5.82 Å². The molecule has 1 N–H and O–H groups in total. The first-order valence-electron chi connectivity index (χ1n) is 9.27. The molecule has 4 aromatic rings. The van der Waals surface area contributed by atoms with Crippen LogP contribution >= 0.6 is 0 Å². The van der Waals surface area contributed by atoms with Crippen LogP contribution in [-0.4, -0.2) is 14.4 Å². The van der Waals surface area contributed by atoms with Gasteiger partial charge in [-0.25, -0.2) is 14.4 Å². The molecule has 0 saturated carbocycles. The van der Waals surface area contributed by atoms with Crippen molar-refractivity contribution in [1.29, 1.82) is 0 Å². The van der Waals surface area contributed by atoms with Crippen LogP contribution in [0.3, 0.4) is 0 Å². The summed E-state index contributed by atoms with van der Waals surface area (Å²) in [6.45, 7) is 0. The normalized spacial score (nSPS) is 13.5. The van der Waals surface area contributed by atoms with Crippen molar-refractivity contribution in [3.05, 3.63) is 77.9 Å². The van der Waals surface area contributed by atoms with Gasteiger partial charge in [-0.2, -0.15) is 0 Å². The number of benzene rings is 2. The van der Waals surface area contributed by atoms with Crippen LogP contribution in [-0.2, 0) is 12.8 Å². The van der Waals surface area contributed by atoms with E-state index < -0.39 is 0 Å². The molecule has 0 spiro atoms. The molecule has 0 fully saturated rings. The van der Waals surface area contributed by atoms with Gasteiger partial charge < -0.3 is 5.32 Å². The molecule has 0 aliphatic heterocycles. The lowest BCUT2D eigenvalue weighted by Gasteiger charge is -2.18. The number of anilines is 2. The summed E-state index contributed by atoms with van der Waals surface area (Å²) in [6.07, 6.45) is 6.07. The molecule has 4 nitrogen and oxygen atoms in total. The standard InChI is InChI=1S/C22H19FN4/c23-18-12-6-4-10-16(18)20-14-27-21(25-20)17-11-5-7-13-19(17)26-22(27)24-15-8-2-1-3-9-15/h1-4,6,8-10,12,14H,5,7,11,13H2,(H,24,26). The third kappa shape index (κ3) is 2.85. The Balaban J connectivity index is 1.71. The quantitative estimate of drug-likeness (QED) is 0.550. The summed E-state index contributed by atoms with van der Waals surface area (Å²) in [5.74, 6) is 0.451. The zero-order valence-electron chi connectivity index (χ0n) is 14.8. The number of hydrogen-bond donors (Lipinski definition) is 1. The highest BCUT2D eigenvalue weighted by atomic mass is 19.1. The number of nitrogens with zero attached hydrogens (tertiary/aromatic N) is 3. The molecule has 0 radical (unpaired) electrons. The number of nitrogens with one attached hydrogen (secondary N) is 1. The van der Waals surface area contributed by atoms with Crippen LogP contribution in [0.2, 0.25) is 0 Å². The van der Waals surface area contributed by atoms with Crippen molar-refractivity contribution in [2.75, 3.05) is 5.32 Å². The second kappa shape index (κ2) is 6.50. The number of hydrogen-bond acceptors (Lipinski definition) is 3. The molecular weight excluding hydrogens is 339 g/mol. The van der Waals surface area contributed by atoms with Gasteiger partial charge in [0.25, 0.3) is 0 Å². The van der Waals surface area contributed by atoms with E-state index in [1.807, 2.05) is 47.0 Å². The summed E-state index contributed by atoms with van der Waals surface area (Å²) in [6, 6.07) is 16.7. The fraction of sp³-hybridized carbons (Fsp3) is 0.182. The highest BCUT2D eigenvalue weighted by Gasteiger charge is 2.20. The van der Waals surface area contributed by atoms with Crippen molar-refractivity contribution in [3.63, 3.8) is 0 Å². The van der Waals surface area contributed by atoms with Gasteiger partial charge in [-0.15, -0.1) is 0 Å². The number of para-hydroxylation sites is 1. The predicted molar refractivity (Wildman–Crippen MR) is 105 cm³/mol. The van der Waals surface area contributed by atoms with Crippen LogP contribution in [0.25, 0.3) is 16.9 Å². The van der Waals surface area contributed by atoms with E-state index in [1.165, 1.54) is 11.6 Å². The molecule has 0 atom stereocenters. The number of aromatic nitrogens is 3. The van der Waals surface area contributed by atoms with Gasteiger partial charge in [-0.1, -0.05) is 30.3 Å². The Labute approximate surface area is 156 Å². The first-order valence-corrected chi connectivity index (χ1v) is 9.27. The van der Waals surface area contributed by atoms with Gasteiger partial charge >= 0.3 is 0 Å². The molecule has 134 valence electrons. The van der Waals surface area contributed by atoms with Crippen molar-refractivity contribution in [1.82, 2.24) is 14.4 Å².